The number of hydrogen-bond donors (Lipinski definition) is 0. The molecule has 4 radical (unpaired) electrons. The van der Waals surface area contributed by atoms with Crippen LogP contribution in [0.4, 0.5) is 0 Å². The number of pyridine rings is 1. The summed E-state index contributed by atoms with van der Waals surface area (Å²) in [5.41, 5.74) is 0. The van der Waals surface area contributed by atoms with E-state index in [4.69, 9.17) is 0 Å². The van der Waals surface area contributed by atoms with E-state index in [1.54, 1.807) is 12.3 Å². The van der Waals surface area contributed by atoms with Crippen LogP contribution in [0.25, 0.3) is 0 Å². The molecular weight excluding hydrogens is 288 g/mol. The van der Waals surface area contributed by atoms with E-state index in [0.29, 0.717) is 0 Å². The van der Waals surface area contributed by atoms with Crippen molar-refractivity contribution in [3.05, 3.63) is 30.6 Å². The summed E-state index contributed by atoms with van der Waals surface area (Å²) < 4.78 is 0. The minimum atomic E-state index is 0. The van der Waals surface area contributed by atoms with Gasteiger partial charge in [-0.2, -0.15) is 18.2 Å². The van der Waals surface area contributed by atoms with Gasteiger partial charge in [-0.3, -0.25) is 0 Å². The Kier molecular flexibility index (Phi) is 11.0. The van der Waals surface area contributed by atoms with E-state index in [-0.39, 0.29) is 46.2 Å². The summed E-state index contributed by atoms with van der Waals surface area (Å²) in [6, 6.07) is 5.50. The average molecular weight is 292 g/mol. The molecule has 8 heavy (non-hydrogen) atoms. The van der Waals surface area contributed by atoms with Crippen LogP contribution < -0.4 is 18.9 Å². The first-order chi connectivity index (χ1) is 3.00. The van der Waals surface area contributed by atoms with Crippen LogP contribution in [-0.2, 0) is 0 Å². The number of aromatic nitrogens is 1. The Hall–Kier alpha value is 0.669. The van der Waals surface area contributed by atoms with Crippen LogP contribution in [0, 0.1) is 6.20 Å². The van der Waals surface area contributed by atoms with Gasteiger partial charge < -0.3 is 4.98 Å². The molecule has 0 aromatic carbocycles. The summed E-state index contributed by atoms with van der Waals surface area (Å²) in [5.74, 6) is 0. The second kappa shape index (κ2) is 7.67. The van der Waals surface area contributed by atoms with E-state index in [2.05, 4.69) is 11.2 Å². The van der Waals surface area contributed by atoms with E-state index < -0.39 is 0 Å². The predicted octanol–water partition coefficient (Wildman–Crippen LogP) is -2.50. The SMILES string of the molecule is [Li+].[Pb].[c-]1ccccn1. The number of hydrogen-bond acceptors (Lipinski definition) is 1. The summed E-state index contributed by atoms with van der Waals surface area (Å²) in [4.78, 5) is 3.66. The summed E-state index contributed by atoms with van der Waals surface area (Å²) in [7, 11) is 0. The Morgan fingerprint density at radius 3 is 2.12 bits per heavy atom. The molecule has 0 aliphatic carbocycles. The van der Waals surface area contributed by atoms with Gasteiger partial charge >= 0.3 is 18.9 Å². The van der Waals surface area contributed by atoms with Gasteiger partial charge in [0.05, 0.1) is 0 Å². The van der Waals surface area contributed by atoms with E-state index in [1.165, 1.54) is 0 Å². The van der Waals surface area contributed by atoms with Crippen molar-refractivity contribution in [3.63, 3.8) is 0 Å². The average Bonchev–Trinajstić information content (AvgIpc) is 1.72. The molecule has 34 valence electrons. The minimum Gasteiger partial charge on any atom is -0.394 e. The fourth-order valence-electron chi connectivity index (χ4n) is 0.277. The molecule has 0 unspecified atom stereocenters. The third-order valence-corrected chi connectivity index (χ3v) is 0.517. The standard InChI is InChI=1S/C5H4N.Li.Pb/c1-2-4-6-5-3-1;;/h1-4H;;/q-1;+1;. The van der Waals surface area contributed by atoms with Gasteiger partial charge in [-0.05, 0) is 0 Å². The Bertz CT molecular complexity index is 84.4. The molecule has 0 aliphatic heterocycles. The zero-order valence-corrected chi connectivity index (χ0v) is 8.64. The van der Waals surface area contributed by atoms with Gasteiger partial charge in [0.25, 0.3) is 0 Å². The van der Waals surface area contributed by atoms with Gasteiger partial charge in [0.1, 0.15) is 0 Å². The van der Waals surface area contributed by atoms with Gasteiger partial charge in [-0.1, -0.05) is 12.4 Å². The normalized spacial score (nSPS) is 6.00. The van der Waals surface area contributed by atoms with Crippen LogP contribution in [0.2, 0.25) is 0 Å². The zero-order valence-electron chi connectivity index (χ0n) is 4.76. The van der Waals surface area contributed by atoms with E-state index in [9.17, 15) is 0 Å². The third kappa shape index (κ3) is 4.82. The number of nitrogens with zero attached hydrogens (tertiary/aromatic N) is 1. The van der Waals surface area contributed by atoms with Crippen molar-refractivity contribution in [1.82, 2.24) is 4.98 Å². The monoisotopic (exact) mass is 293 g/mol. The zero-order chi connectivity index (χ0) is 4.24. The van der Waals surface area contributed by atoms with Crippen LogP contribution in [0.3, 0.4) is 0 Å². The van der Waals surface area contributed by atoms with Crippen molar-refractivity contribution in [2.75, 3.05) is 0 Å². The van der Waals surface area contributed by atoms with Crippen LogP contribution in [0.1, 0.15) is 0 Å². The first-order valence-electron chi connectivity index (χ1n) is 1.77. The topological polar surface area (TPSA) is 12.9 Å². The molecular formula is C5H4LiNPb. The summed E-state index contributed by atoms with van der Waals surface area (Å²) in [6.07, 6.45) is 4.34. The van der Waals surface area contributed by atoms with Gasteiger partial charge in [0.2, 0.25) is 0 Å². The van der Waals surface area contributed by atoms with Crippen LogP contribution in [0.15, 0.2) is 24.4 Å². The Balaban J connectivity index is 0. The minimum absolute atomic E-state index is 0. The smallest absolute Gasteiger partial charge is 0.394 e. The molecule has 0 N–H and O–H groups in total. The summed E-state index contributed by atoms with van der Waals surface area (Å²) in [6.45, 7) is 0. The predicted molar refractivity (Wildman–Crippen MR) is 28.8 cm³/mol. The van der Waals surface area contributed by atoms with Crippen LogP contribution in [0.5, 0.6) is 0 Å². The maximum absolute atomic E-state index is 3.66. The van der Waals surface area contributed by atoms with Gasteiger partial charge in [-0.15, -0.1) is 0 Å². The van der Waals surface area contributed by atoms with Crippen molar-refractivity contribution >= 4 is 27.3 Å². The van der Waals surface area contributed by atoms with E-state index in [1.807, 2.05) is 12.1 Å². The van der Waals surface area contributed by atoms with Crippen molar-refractivity contribution in [3.8, 4) is 0 Å². The largest absolute Gasteiger partial charge is 1.00 e. The van der Waals surface area contributed by atoms with Crippen molar-refractivity contribution < 1.29 is 18.9 Å². The molecule has 1 heterocycles. The molecule has 1 nitrogen and oxygen atoms in total. The summed E-state index contributed by atoms with van der Waals surface area (Å²) in [5, 5.41) is 0. The molecule has 0 fully saturated rings. The van der Waals surface area contributed by atoms with Crippen molar-refractivity contribution in [2.24, 2.45) is 0 Å². The molecule has 0 saturated heterocycles. The third-order valence-electron chi connectivity index (χ3n) is 0.517. The molecule has 0 aliphatic rings. The Morgan fingerprint density at radius 1 is 1.25 bits per heavy atom. The van der Waals surface area contributed by atoms with E-state index >= 15 is 0 Å². The van der Waals surface area contributed by atoms with Crippen LogP contribution in [-0.4, -0.2) is 32.3 Å². The van der Waals surface area contributed by atoms with E-state index in [0.717, 1.165) is 0 Å². The van der Waals surface area contributed by atoms with Gasteiger partial charge in [-0.25, -0.2) is 0 Å². The molecule has 3 heteroatoms. The molecule has 1 rings (SSSR count). The second-order valence-corrected chi connectivity index (χ2v) is 0.959. The molecule has 0 saturated carbocycles. The second-order valence-electron chi connectivity index (χ2n) is 0.959. The maximum atomic E-state index is 3.66. The first kappa shape index (κ1) is 11.5. The van der Waals surface area contributed by atoms with Crippen LogP contribution >= 0.6 is 0 Å². The fourth-order valence-corrected chi connectivity index (χ4v) is 0.277. The van der Waals surface area contributed by atoms with Crippen molar-refractivity contribution in [1.29, 1.82) is 0 Å². The Morgan fingerprint density at radius 2 is 2.00 bits per heavy atom. The maximum Gasteiger partial charge on any atom is 1.00 e. The molecule has 0 spiro atoms. The quantitative estimate of drug-likeness (QED) is 0.381. The first-order valence-corrected chi connectivity index (χ1v) is 1.77. The number of rotatable bonds is 0. The fraction of sp³-hybridized carbons (Fsp3) is 0. The summed E-state index contributed by atoms with van der Waals surface area (Å²) >= 11 is 0. The molecule has 1 aromatic rings. The Labute approximate surface area is 81.2 Å². The molecule has 0 bridgehead atoms. The van der Waals surface area contributed by atoms with Crippen molar-refractivity contribution in [2.45, 2.75) is 0 Å². The molecule has 0 amide bonds. The van der Waals surface area contributed by atoms with Gasteiger partial charge in [0, 0.05) is 27.3 Å². The molecule has 1 aromatic heterocycles. The molecule has 0 atom stereocenters. The van der Waals surface area contributed by atoms with Gasteiger partial charge in [0.15, 0.2) is 0 Å².